The van der Waals surface area contributed by atoms with E-state index in [9.17, 15) is 9.59 Å². The third-order valence-corrected chi connectivity index (χ3v) is 5.29. The van der Waals surface area contributed by atoms with Gasteiger partial charge in [0.1, 0.15) is 26.2 Å². The number of hydrogen-bond donors (Lipinski definition) is 0. The predicted octanol–water partition coefficient (Wildman–Crippen LogP) is 6.16. The lowest BCUT2D eigenvalue weighted by atomic mass is 10.1. The third kappa shape index (κ3) is 7.30. The van der Waals surface area contributed by atoms with Crippen molar-refractivity contribution in [3.05, 3.63) is 131 Å². The van der Waals surface area contributed by atoms with Crippen molar-refractivity contribution >= 4 is 11.8 Å². The van der Waals surface area contributed by atoms with Gasteiger partial charge in [0, 0.05) is 5.56 Å². The number of ketones is 1. The first-order valence-corrected chi connectivity index (χ1v) is 11.4. The molecule has 0 saturated carbocycles. The molecule has 0 spiro atoms. The van der Waals surface area contributed by atoms with Gasteiger partial charge in [-0.15, -0.1) is 0 Å². The van der Waals surface area contributed by atoms with Crippen LogP contribution in [-0.2, 0) is 29.4 Å². The summed E-state index contributed by atoms with van der Waals surface area (Å²) in [5.41, 5.74) is 3.23. The summed E-state index contributed by atoms with van der Waals surface area (Å²) >= 11 is 0. The molecule has 0 aliphatic carbocycles. The molecule has 35 heavy (non-hydrogen) atoms. The molecule has 4 aromatic carbocycles. The number of benzene rings is 4. The SMILES string of the molecule is O=C(CC(=O)c1ccc(OCc2ccccc2)c(OCc2ccccc2)c1)OCc1ccccc1. The van der Waals surface area contributed by atoms with E-state index in [-0.39, 0.29) is 18.8 Å². The second-order valence-corrected chi connectivity index (χ2v) is 7.96. The highest BCUT2D eigenvalue weighted by Crippen LogP contribution is 2.30. The normalized spacial score (nSPS) is 10.4. The summed E-state index contributed by atoms with van der Waals surface area (Å²) in [5, 5.41) is 0. The fourth-order valence-electron chi connectivity index (χ4n) is 3.41. The van der Waals surface area contributed by atoms with Crippen LogP contribution in [0.3, 0.4) is 0 Å². The monoisotopic (exact) mass is 466 g/mol. The number of rotatable bonds is 11. The zero-order valence-electron chi connectivity index (χ0n) is 19.3. The minimum Gasteiger partial charge on any atom is -0.485 e. The predicted molar refractivity (Wildman–Crippen MR) is 133 cm³/mol. The first-order chi connectivity index (χ1) is 17.2. The zero-order chi connectivity index (χ0) is 24.3. The maximum Gasteiger partial charge on any atom is 0.314 e. The molecule has 0 radical (unpaired) electrons. The fourth-order valence-corrected chi connectivity index (χ4v) is 3.41. The van der Waals surface area contributed by atoms with Crippen LogP contribution < -0.4 is 9.47 Å². The molecule has 0 N–H and O–H groups in total. The molecule has 4 rings (SSSR count). The lowest BCUT2D eigenvalue weighted by Crippen LogP contribution is -2.12. The highest BCUT2D eigenvalue weighted by Gasteiger charge is 2.16. The molecule has 0 saturated heterocycles. The van der Waals surface area contributed by atoms with Crippen molar-refractivity contribution in [2.24, 2.45) is 0 Å². The second kappa shape index (κ2) is 12.2. The molecule has 4 aromatic rings. The van der Waals surface area contributed by atoms with Gasteiger partial charge in [-0.05, 0) is 34.9 Å². The molecule has 176 valence electrons. The van der Waals surface area contributed by atoms with Crippen LogP contribution in [0.1, 0.15) is 33.5 Å². The summed E-state index contributed by atoms with van der Waals surface area (Å²) < 4.78 is 17.3. The van der Waals surface area contributed by atoms with Crippen molar-refractivity contribution in [2.45, 2.75) is 26.2 Å². The summed E-state index contributed by atoms with van der Waals surface area (Å²) in [6.07, 6.45) is -0.352. The zero-order valence-corrected chi connectivity index (χ0v) is 19.3. The van der Waals surface area contributed by atoms with Crippen molar-refractivity contribution in [2.75, 3.05) is 0 Å². The lowest BCUT2D eigenvalue weighted by Gasteiger charge is -2.14. The Labute approximate surface area is 204 Å². The molecule has 5 heteroatoms. The van der Waals surface area contributed by atoms with Crippen LogP contribution in [0.5, 0.6) is 11.5 Å². The largest absolute Gasteiger partial charge is 0.485 e. The Kier molecular flexibility index (Phi) is 8.28. The van der Waals surface area contributed by atoms with Gasteiger partial charge in [-0.1, -0.05) is 91.0 Å². The van der Waals surface area contributed by atoms with E-state index in [0.29, 0.717) is 30.3 Å². The van der Waals surface area contributed by atoms with Crippen molar-refractivity contribution in [3.8, 4) is 11.5 Å². The van der Waals surface area contributed by atoms with Crippen LogP contribution in [0, 0.1) is 0 Å². The van der Waals surface area contributed by atoms with E-state index >= 15 is 0 Å². The molecular weight excluding hydrogens is 440 g/mol. The number of ether oxygens (including phenoxy) is 3. The number of hydrogen-bond acceptors (Lipinski definition) is 5. The summed E-state index contributed by atoms with van der Waals surface area (Å²) in [7, 11) is 0. The van der Waals surface area contributed by atoms with Crippen molar-refractivity contribution in [1.82, 2.24) is 0 Å². The van der Waals surface area contributed by atoms with Gasteiger partial charge in [0.2, 0.25) is 0 Å². The van der Waals surface area contributed by atoms with E-state index in [2.05, 4.69) is 0 Å². The molecule has 0 aliphatic rings. The maximum atomic E-state index is 12.8. The van der Waals surface area contributed by atoms with Crippen molar-refractivity contribution < 1.29 is 23.8 Å². The van der Waals surface area contributed by atoms with Gasteiger partial charge in [0.25, 0.3) is 0 Å². The summed E-state index contributed by atoms with van der Waals surface area (Å²) in [5.74, 6) is 0.0403. The Morgan fingerprint density at radius 1 is 0.543 bits per heavy atom. The molecule has 0 fully saturated rings. The third-order valence-electron chi connectivity index (χ3n) is 5.29. The van der Waals surface area contributed by atoms with Crippen LogP contribution in [0.15, 0.2) is 109 Å². The molecule has 0 atom stereocenters. The Hall–Kier alpha value is -4.38. The quantitative estimate of drug-likeness (QED) is 0.150. The first kappa shape index (κ1) is 23.8. The van der Waals surface area contributed by atoms with Crippen LogP contribution in [-0.4, -0.2) is 11.8 Å². The Morgan fingerprint density at radius 2 is 1.03 bits per heavy atom. The topological polar surface area (TPSA) is 61.8 Å². The average molecular weight is 467 g/mol. The van der Waals surface area contributed by atoms with Crippen LogP contribution in [0.25, 0.3) is 0 Å². The van der Waals surface area contributed by atoms with Gasteiger partial charge in [0.05, 0.1) is 0 Å². The lowest BCUT2D eigenvalue weighted by molar-refractivity contribution is -0.143. The maximum absolute atomic E-state index is 12.8. The molecule has 0 aromatic heterocycles. The van der Waals surface area contributed by atoms with Gasteiger partial charge in [-0.2, -0.15) is 0 Å². The number of carbonyl (C=O) groups is 2. The highest BCUT2D eigenvalue weighted by atomic mass is 16.5. The molecule has 0 amide bonds. The molecule has 5 nitrogen and oxygen atoms in total. The van der Waals surface area contributed by atoms with Crippen molar-refractivity contribution in [1.29, 1.82) is 0 Å². The fraction of sp³-hybridized carbons (Fsp3) is 0.133. The van der Waals surface area contributed by atoms with Gasteiger partial charge in [0.15, 0.2) is 17.3 Å². The molecule has 0 aliphatic heterocycles. The van der Waals surface area contributed by atoms with E-state index in [0.717, 1.165) is 16.7 Å². The van der Waals surface area contributed by atoms with Crippen LogP contribution in [0.2, 0.25) is 0 Å². The standard InChI is InChI=1S/C30H26O5/c31-27(19-30(32)35-22-25-14-8-3-9-15-25)26-16-17-28(33-20-23-10-4-1-5-11-23)29(18-26)34-21-24-12-6-2-7-13-24/h1-18H,19-22H2. The van der Waals surface area contributed by atoms with E-state index < -0.39 is 5.97 Å². The molecule has 0 heterocycles. The smallest absolute Gasteiger partial charge is 0.314 e. The summed E-state index contributed by atoms with van der Waals surface area (Å²) in [6.45, 7) is 0.811. The Morgan fingerprint density at radius 3 is 1.57 bits per heavy atom. The van der Waals surface area contributed by atoms with Gasteiger partial charge < -0.3 is 14.2 Å². The van der Waals surface area contributed by atoms with Crippen LogP contribution in [0.4, 0.5) is 0 Å². The average Bonchev–Trinajstić information content (AvgIpc) is 2.91. The summed E-state index contributed by atoms with van der Waals surface area (Å²) in [4.78, 5) is 25.0. The van der Waals surface area contributed by atoms with Gasteiger partial charge in [-0.3, -0.25) is 9.59 Å². The molecule has 0 unspecified atom stereocenters. The van der Waals surface area contributed by atoms with E-state index in [1.165, 1.54) is 0 Å². The van der Waals surface area contributed by atoms with E-state index in [4.69, 9.17) is 14.2 Å². The second-order valence-electron chi connectivity index (χ2n) is 7.96. The first-order valence-electron chi connectivity index (χ1n) is 11.4. The highest BCUT2D eigenvalue weighted by molar-refractivity contribution is 6.06. The van der Waals surface area contributed by atoms with Gasteiger partial charge in [-0.25, -0.2) is 0 Å². The summed E-state index contributed by atoms with van der Waals surface area (Å²) in [6, 6.07) is 33.8. The number of carbonyl (C=O) groups excluding carboxylic acids is 2. The van der Waals surface area contributed by atoms with Crippen molar-refractivity contribution in [3.63, 3.8) is 0 Å². The van der Waals surface area contributed by atoms with E-state index in [1.807, 2.05) is 91.0 Å². The number of Topliss-reactive ketones (excluding diaryl/α,β-unsaturated/α-hetero) is 1. The molecular formula is C30H26O5. The van der Waals surface area contributed by atoms with Gasteiger partial charge >= 0.3 is 5.97 Å². The number of esters is 1. The van der Waals surface area contributed by atoms with Crippen LogP contribution >= 0.6 is 0 Å². The van der Waals surface area contributed by atoms with E-state index in [1.54, 1.807) is 18.2 Å². The minimum atomic E-state index is -0.574. The minimum absolute atomic E-state index is 0.130. The Bertz CT molecular complexity index is 1240. The molecule has 0 bridgehead atoms. The Balaban J connectivity index is 1.44.